The van der Waals surface area contributed by atoms with E-state index < -0.39 is 40.7 Å². The van der Waals surface area contributed by atoms with E-state index in [9.17, 15) is 34.1 Å². The summed E-state index contributed by atoms with van der Waals surface area (Å²) in [5, 5.41) is 32.6. The normalized spacial score (nSPS) is 13.6. The molecule has 0 amide bonds. The monoisotopic (exact) mass is 514 g/mol. The van der Waals surface area contributed by atoms with Gasteiger partial charge in [-0.1, -0.05) is 91.0 Å². The molecule has 8 heteroatoms. The van der Waals surface area contributed by atoms with Crippen LogP contribution in [0, 0.1) is 5.82 Å². The molecule has 4 rings (SSSR count). The Kier molecular flexibility index (Phi) is 7.25. The summed E-state index contributed by atoms with van der Waals surface area (Å²) >= 11 is 0. The highest BCUT2D eigenvalue weighted by atomic mass is 19.1. The number of benzene rings is 4. The summed E-state index contributed by atoms with van der Waals surface area (Å²) in [7, 11) is 0. The van der Waals surface area contributed by atoms with Crippen molar-refractivity contribution in [1.82, 2.24) is 0 Å². The van der Waals surface area contributed by atoms with Crippen molar-refractivity contribution in [1.29, 1.82) is 0 Å². The molecule has 0 aliphatic heterocycles. The fourth-order valence-corrected chi connectivity index (χ4v) is 4.94. The van der Waals surface area contributed by atoms with Crippen molar-refractivity contribution in [3.05, 3.63) is 138 Å². The average Bonchev–Trinajstić information content (AvgIpc) is 2.91. The fourth-order valence-electron chi connectivity index (χ4n) is 4.94. The largest absolute Gasteiger partial charge is 0.481 e. The van der Waals surface area contributed by atoms with E-state index in [1.165, 1.54) is 60.7 Å². The SMILES string of the molecule is O=C(O)C(c1ccc(F)cc1)C(Oc1ccccc1)(C(=O)O)C(C(=O)O)(c1ccccc1)c1ccccc1. The van der Waals surface area contributed by atoms with E-state index >= 15 is 0 Å². The Morgan fingerprint density at radius 2 is 1.08 bits per heavy atom. The molecule has 0 aliphatic carbocycles. The van der Waals surface area contributed by atoms with Gasteiger partial charge in [-0.15, -0.1) is 0 Å². The summed E-state index contributed by atoms with van der Waals surface area (Å²) in [5.41, 5.74) is -5.83. The molecule has 2 atom stereocenters. The van der Waals surface area contributed by atoms with Crippen LogP contribution >= 0.6 is 0 Å². The maximum atomic E-state index is 13.9. The molecule has 0 spiro atoms. The quantitative estimate of drug-likeness (QED) is 0.273. The molecule has 0 saturated carbocycles. The van der Waals surface area contributed by atoms with E-state index in [0.29, 0.717) is 0 Å². The smallest absolute Gasteiger partial charge is 0.351 e. The van der Waals surface area contributed by atoms with Gasteiger partial charge >= 0.3 is 17.9 Å². The minimum absolute atomic E-state index is 0.0228. The number of rotatable bonds is 10. The van der Waals surface area contributed by atoms with E-state index in [4.69, 9.17) is 4.74 Å². The Morgan fingerprint density at radius 3 is 1.47 bits per heavy atom. The van der Waals surface area contributed by atoms with Crippen LogP contribution < -0.4 is 4.74 Å². The van der Waals surface area contributed by atoms with Crippen LogP contribution in [-0.2, 0) is 19.8 Å². The third-order valence-corrected chi connectivity index (χ3v) is 6.49. The summed E-state index contributed by atoms with van der Waals surface area (Å²) in [6.45, 7) is 0. The van der Waals surface area contributed by atoms with Crippen LogP contribution in [0.4, 0.5) is 4.39 Å². The number of carbonyl (C=O) groups is 3. The highest BCUT2D eigenvalue weighted by Gasteiger charge is 2.71. The van der Waals surface area contributed by atoms with Gasteiger partial charge in [0.1, 0.15) is 17.5 Å². The fraction of sp³-hybridized carbons (Fsp3) is 0.100. The topological polar surface area (TPSA) is 121 Å². The van der Waals surface area contributed by atoms with Crippen LogP contribution in [-0.4, -0.2) is 38.8 Å². The van der Waals surface area contributed by atoms with Crippen molar-refractivity contribution in [2.75, 3.05) is 0 Å². The van der Waals surface area contributed by atoms with Gasteiger partial charge < -0.3 is 20.1 Å². The lowest BCUT2D eigenvalue weighted by atomic mass is 9.57. The van der Waals surface area contributed by atoms with Crippen LogP contribution in [0.1, 0.15) is 22.6 Å². The van der Waals surface area contributed by atoms with Crippen LogP contribution in [0.25, 0.3) is 0 Å². The molecule has 0 heterocycles. The van der Waals surface area contributed by atoms with Crippen molar-refractivity contribution in [2.45, 2.75) is 16.9 Å². The van der Waals surface area contributed by atoms with Crippen LogP contribution in [0.3, 0.4) is 0 Å². The predicted molar refractivity (Wildman–Crippen MR) is 136 cm³/mol. The van der Waals surface area contributed by atoms with Crippen LogP contribution in [0.15, 0.2) is 115 Å². The number of halogens is 1. The van der Waals surface area contributed by atoms with E-state index in [1.54, 1.807) is 30.3 Å². The van der Waals surface area contributed by atoms with Gasteiger partial charge in [0.05, 0.1) is 0 Å². The number of carboxylic acid groups (broad SMARTS) is 3. The molecule has 0 fully saturated rings. The zero-order valence-electron chi connectivity index (χ0n) is 19.9. The maximum Gasteiger partial charge on any atom is 0.351 e. The predicted octanol–water partition coefficient (Wildman–Crippen LogP) is 4.97. The first-order valence-corrected chi connectivity index (χ1v) is 11.5. The lowest BCUT2D eigenvalue weighted by Gasteiger charge is -2.48. The summed E-state index contributed by atoms with van der Waals surface area (Å²) in [6, 6.07) is 26.7. The number of aliphatic carboxylic acids is 3. The molecule has 4 aromatic rings. The minimum atomic E-state index is -3.02. The van der Waals surface area contributed by atoms with Gasteiger partial charge in [0.25, 0.3) is 0 Å². The second kappa shape index (κ2) is 10.6. The summed E-state index contributed by atoms with van der Waals surface area (Å²) in [5.74, 6) is -8.03. The van der Waals surface area contributed by atoms with Gasteiger partial charge in [-0.25, -0.2) is 9.18 Å². The standard InChI is InChI=1S/C30H23FO7/c31-23-18-16-20(17-19-23)25(26(32)33)30(28(36)37,38-24-14-8-3-9-15-24)29(27(34)35,21-10-4-1-5-11-21)22-12-6-2-7-13-22/h1-19,25H,(H,32,33)(H,34,35)(H,36,37). The zero-order chi connectivity index (χ0) is 27.3. The Bertz CT molecular complexity index is 1380. The second-order valence-corrected chi connectivity index (χ2v) is 8.57. The summed E-state index contributed by atoms with van der Waals surface area (Å²) < 4.78 is 20.0. The number of hydrogen-bond donors (Lipinski definition) is 3. The first-order chi connectivity index (χ1) is 18.2. The van der Waals surface area contributed by atoms with Crippen molar-refractivity contribution < 1.29 is 38.8 Å². The molecule has 0 aliphatic rings. The van der Waals surface area contributed by atoms with Gasteiger partial charge in [-0.2, -0.15) is 0 Å². The lowest BCUT2D eigenvalue weighted by Crippen LogP contribution is -2.69. The molecular weight excluding hydrogens is 491 g/mol. The number of ether oxygens (including phenoxy) is 1. The highest BCUT2D eigenvalue weighted by molar-refractivity contribution is 6.02. The van der Waals surface area contributed by atoms with Gasteiger partial charge in [-0.05, 0) is 41.0 Å². The highest BCUT2D eigenvalue weighted by Crippen LogP contribution is 2.52. The van der Waals surface area contributed by atoms with Gasteiger partial charge in [0.2, 0.25) is 5.60 Å². The summed E-state index contributed by atoms with van der Waals surface area (Å²) in [6.07, 6.45) is 0. The maximum absolute atomic E-state index is 13.9. The minimum Gasteiger partial charge on any atom is -0.481 e. The molecule has 0 bridgehead atoms. The third-order valence-electron chi connectivity index (χ3n) is 6.49. The average molecular weight is 515 g/mol. The Hall–Kier alpha value is -4.98. The molecule has 7 nitrogen and oxygen atoms in total. The third kappa shape index (κ3) is 4.26. The van der Waals surface area contributed by atoms with Gasteiger partial charge in [-0.3, -0.25) is 9.59 Å². The number of para-hydroxylation sites is 1. The molecule has 192 valence electrons. The number of carboxylic acids is 3. The second-order valence-electron chi connectivity index (χ2n) is 8.57. The van der Waals surface area contributed by atoms with Crippen LogP contribution in [0.2, 0.25) is 0 Å². The molecule has 38 heavy (non-hydrogen) atoms. The first kappa shape index (κ1) is 26.1. The first-order valence-electron chi connectivity index (χ1n) is 11.5. The van der Waals surface area contributed by atoms with E-state index in [-0.39, 0.29) is 22.4 Å². The van der Waals surface area contributed by atoms with Crippen molar-refractivity contribution in [3.8, 4) is 5.75 Å². The summed E-state index contributed by atoms with van der Waals surface area (Å²) in [4.78, 5) is 40.2. The van der Waals surface area contributed by atoms with Gasteiger partial charge in [0.15, 0.2) is 5.41 Å². The van der Waals surface area contributed by atoms with Crippen molar-refractivity contribution >= 4 is 17.9 Å². The molecule has 0 saturated heterocycles. The zero-order valence-corrected chi connectivity index (χ0v) is 19.9. The van der Waals surface area contributed by atoms with E-state index in [0.717, 1.165) is 24.3 Å². The lowest BCUT2D eigenvalue weighted by molar-refractivity contribution is -0.179. The Balaban J connectivity index is 2.24. The molecule has 3 N–H and O–H groups in total. The van der Waals surface area contributed by atoms with Crippen molar-refractivity contribution in [2.24, 2.45) is 0 Å². The Morgan fingerprint density at radius 1 is 0.632 bits per heavy atom. The molecule has 0 aromatic heterocycles. The van der Waals surface area contributed by atoms with Crippen LogP contribution in [0.5, 0.6) is 5.75 Å². The number of hydrogen-bond acceptors (Lipinski definition) is 4. The molecule has 2 unspecified atom stereocenters. The Labute approximate surface area is 217 Å². The molecule has 4 aromatic carbocycles. The van der Waals surface area contributed by atoms with Gasteiger partial charge in [0, 0.05) is 0 Å². The molecular formula is C30H23FO7. The van der Waals surface area contributed by atoms with E-state index in [2.05, 4.69) is 0 Å². The molecule has 0 radical (unpaired) electrons. The van der Waals surface area contributed by atoms with E-state index in [1.807, 2.05) is 0 Å². The van der Waals surface area contributed by atoms with Crippen molar-refractivity contribution in [3.63, 3.8) is 0 Å².